The van der Waals surface area contributed by atoms with E-state index >= 15 is 0 Å². The van der Waals surface area contributed by atoms with Crippen LogP contribution in [0.3, 0.4) is 0 Å². The summed E-state index contributed by atoms with van der Waals surface area (Å²) < 4.78 is 7.37. The van der Waals surface area contributed by atoms with E-state index < -0.39 is 8.32 Å². The molecule has 0 aromatic carbocycles. The minimum atomic E-state index is -1.74. The molecule has 0 aliphatic rings. The zero-order valence-corrected chi connectivity index (χ0v) is 16.4. The average molecular weight is 415 g/mol. The van der Waals surface area contributed by atoms with E-state index in [9.17, 15) is 0 Å². The zero-order valence-electron chi connectivity index (χ0n) is 13.2. The molecule has 0 spiro atoms. The van der Waals surface area contributed by atoms with Gasteiger partial charge in [-0.15, -0.1) is 0 Å². The van der Waals surface area contributed by atoms with Crippen molar-refractivity contribution in [2.24, 2.45) is 0 Å². The summed E-state index contributed by atoms with van der Waals surface area (Å²) >= 11 is 2.33. The van der Waals surface area contributed by atoms with Crippen molar-refractivity contribution in [3.05, 3.63) is 33.8 Å². The van der Waals surface area contributed by atoms with Crippen molar-refractivity contribution < 1.29 is 4.43 Å². The smallest absolute Gasteiger partial charge is 0.192 e. The number of hydrogen-bond donors (Lipinski definition) is 1. The highest BCUT2D eigenvalue weighted by atomic mass is 127. The van der Waals surface area contributed by atoms with Crippen LogP contribution in [0.15, 0.2) is 24.5 Å². The summed E-state index contributed by atoms with van der Waals surface area (Å²) in [6.45, 7) is 11.9. The zero-order chi connectivity index (χ0) is 15.7. The maximum Gasteiger partial charge on any atom is 0.192 e. The number of aromatic nitrogens is 3. The van der Waals surface area contributed by atoms with E-state index in [2.05, 4.69) is 71.6 Å². The lowest BCUT2D eigenvalue weighted by atomic mass is 10.2. The van der Waals surface area contributed by atoms with Crippen LogP contribution in [0.5, 0.6) is 0 Å². The Labute approximate surface area is 141 Å². The number of pyridine rings is 1. The maximum atomic E-state index is 6.26. The molecule has 2 heterocycles. The molecule has 2 aromatic rings. The molecule has 0 saturated carbocycles. The van der Waals surface area contributed by atoms with Crippen molar-refractivity contribution in [2.75, 3.05) is 0 Å². The number of nitrogens with zero attached hydrogens (tertiary/aromatic N) is 2. The van der Waals surface area contributed by atoms with Crippen molar-refractivity contribution in [3.8, 4) is 11.3 Å². The first-order valence-electron chi connectivity index (χ1n) is 6.99. The summed E-state index contributed by atoms with van der Waals surface area (Å²) in [5.41, 5.74) is 3.01. The van der Waals surface area contributed by atoms with Crippen LogP contribution in [0.2, 0.25) is 18.1 Å². The van der Waals surface area contributed by atoms with Crippen molar-refractivity contribution in [3.63, 3.8) is 0 Å². The molecule has 0 atom stereocenters. The summed E-state index contributed by atoms with van der Waals surface area (Å²) in [6.07, 6.45) is 3.60. The Morgan fingerprint density at radius 3 is 2.62 bits per heavy atom. The third-order valence-corrected chi connectivity index (χ3v) is 9.73. The summed E-state index contributed by atoms with van der Waals surface area (Å²) in [4.78, 5) is 4.15. The molecule has 0 radical (unpaired) electrons. The highest BCUT2D eigenvalue weighted by Gasteiger charge is 2.37. The van der Waals surface area contributed by atoms with E-state index in [0.717, 1.165) is 20.5 Å². The van der Waals surface area contributed by atoms with Crippen LogP contribution in [0.4, 0.5) is 0 Å². The molecule has 1 N–H and O–H groups in total. The third-order valence-electron chi connectivity index (χ3n) is 4.09. The molecule has 21 heavy (non-hydrogen) atoms. The van der Waals surface area contributed by atoms with Gasteiger partial charge in [-0.25, -0.2) is 0 Å². The van der Waals surface area contributed by atoms with Crippen LogP contribution in [0.25, 0.3) is 11.3 Å². The van der Waals surface area contributed by atoms with Crippen molar-refractivity contribution in [2.45, 2.75) is 45.5 Å². The molecule has 0 fully saturated rings. The Morgan fingerprint density at radius 1 is 1.33 bits per heavy atom. The van der Waals surface area contributed by atoms with Gasteiger partial charge in [0.05, 0.1) is 15.9 Å². The van der Waals surface area contributed by atoms with Crippen LogP contribution in [-0.2, 0) is 11.0 Å². The molecule has 0 bridgehead atoms. The number of hydrogen-bond acceptors (Lipinski definition) is 3. The topological polar surface area (TPSA) is 50.8 Å². The molecule has 0 amide bonds. The molecule has 0 aliphatic carbocycles. The first kappa shape index (κ1) is 16.6. The molecule has 2 rings (SSSR count). The van der Waals surface area contributed by atoms with Crippen LogP contribution < -0.4 is 0 Å². The summed E-state index contributed by atoms with van der Waals surface area (Å²) in [6, 6.07) is 3.94. The fourth-order valence-corrected chi connectivity index (χ4v) is 3.27. The minimum Gasteiger partial charge on any atom is -0.411 e. The summed E-state index contributed by atoms with van der Waals surface area (Å²) in [5, 5.41) is 7.73. The van der Waals surface area contributed by atoms with Gasteiger partial charge in [0, 0.05) is 18.0 Å². The first-order valence-corrected chi connectivity index (χ1v) is 11.0. The first-order chi connectivity index (χ1) is 9.72. The van der Waals surface area contributed by atoms with Gasteiger partial charge in [-0.3, -0.25) is 10.1 Å². The lowest BCUT2D eigenvalue weighted by Crippen LogP contribution is -2.40. The quantitative estimate of drug-likeness (QED) is 0.587. The monoisotopic (exact) mass is 415 g/mol. The largest absolute Gasteiger partial charge is 0.411 e. The Kier molecular flexibility index (Phi) is 4.89. The number of rotatable bonds is 4. The van der Waals surface area contributed by atoms with Gasteiger partial charge in [0.1, 0.15) is 5.69 Å². The van der Waals surface area contributed by atoms with Gasteiger partial charge in [0.15, 0.2) is 8.32 Å². The van der Waals surface area contributed by atoms with Crippen molar-refractivity contribution in [1.82, 2.24) is 15.2 Å². The Bertz CT molecular complexity index is 605. The standard InChI is InChI=1S/C15H22IN3OSi/c1-15(2,3)21(4,5)20-10-12-13(16)14(19-18-12)11-7-6-8-17-9-11/h6-9H,10H2,1-5H3,(H,18,19). The van der Waals surface area contributed by atoms with E-state index in [0.29, 0.717) is 6.61 Å². The molecule has 114 valence electrons. The number of H-pyrrole nitrogens is 1. The Balaban J connectivity index is 2.15. The molecule has 2 aromatic heterocycles. The van der Waals surface area contributed by atoms with Gasteiger partial charge in [0.25, 0.3) is 0 Å². The van der Waals surface area contributed by atoms with Crippen LogP contribution >= 0.6 is 22.6 Å². The molecule has 4 nitrogen and oxygen atoms in total. The van der Waals surface area contributed by atoms with Gasteiger partial charge < -0.3 is 4.43 Å². The van der Waals surface area contributed by atoms with E-state index in [1.807, 2.05) is 18.3 Å². The molecule has 0 unspecified atom stereocenters. The van der Waals surface area contributed by atoms with Gasteiger partial charge in [-0.05, 0) is 52.9 Å². The van der Waals surface area contributed by atoms with Crippen LogP contribution in [0.1, 0.15) is 26.5 Å². The fraction of sp³-hybridized carbons (Fsp3) is 0.467. The molecular formula is C15H22IN3OSi. The molecule has 6 heteroatoms. The second-order valence-electron chi connectivity index (χ2n) is 6.66. The van der Waals surface area contributed by atoms with E-state index in [4.69, 9.17) is 4.43 Å². The third kappa shape index (κ3) is 3.73. The highest BCUT2D eigenvalue weighted by Crippen LogP contribution is 2.37. The maximum absolute atomic E-state index is 6.26. The molecule has 0 aliphatic heterocycles. The summed E-state index contributed by atoms with van der Waals surface area (Å²) in [5.74, 6) is 0. The van der Waals surface area contributed by atoms with Crippen LogP contribution in [0, 0.1) is 3.57 Å². The predicted octanol–water partition coefficient (Wildman–Crippen LogP) is 4.60. The molecular weight excluding hydrogens is 393 g/mol. The number of nitrogens with one attached hydrogen (secondary N) is 1. The predicted molar refractivity (Wildman–Crippen MR) is 96.5 cm³/mol. The summed E-state index contributed by atoms with van der Waals surface area (Å²) in [7, 11) is -1.74. The van der Waals surface area contributed by atoms with Crippen molar-refractivity contribution in [1.29, 1.82) is 0 Å². The lowest BCUT2D eigenvalue weighted by molar-refractivity contribution is 0.271. The molecule has 0 saturated heterocycles. The van der Waals surface area contributed by atoms with E-state index in [-0.39, 0.29) is 5.04 Å². The average Bonchev–Trinajstić information content (AvgIpc) is 2.77. The second-order valence-corrected chi connectivity index (χ2v) is 12.5. The van der Waals surface area contributed by atoms with Crippen molar-refractivity contribution >= 4 is 30.9 Å². The minimum absolute atomic E-state index is 0.213. The van der Waals surface area contributed by atoms with Gasteiger partial charge >= 0.3 is 0 Å². The fourth-order valence-electron chi connectivity index (χ4n) is 1.62. The SMILES string of the molecule is CC(C)(C)[Si](C)(C)OCc1[nH]nc(-c2cccnc2)c1I. The van der Waals surface area contributed by atoms with E-state index in [1.54, 1.807) is 6.20 Å². The Hall–Kier alpha value is -0.733. The second kappa shape index (κ2) is 6.17. The van der Waals surface area contributed by atoms with Crippen LogP contribution in [-0.4, -0.2) is 23.5 Å². The lowest BCUT2D eigenvalue weighted by Gasteiger charge is -2.36. The van der Waals surface area contributed by atoms with Gasteiger partial charge in [-0.1, -0.05) is 20.8 Å². The van der Waals surface area contributed by atoms with Gasteiger partial charge in [0.2, 0.25) is 0 Å². The normalized spacial score (nSPS) is 12.7. The Morgan fingerprint density at radius 2 is 2.05 bits per heavy atom. The van der Waals surface area contributed by atoms with E-state index in [1.165, 1.54) is 0 Å². The highest BCUT2D eigenvalue weighted by molar-refractivity contribution is 14.1. The number of aromatic amines is 1. The van der Waals surface area contributed by atoms with Gasteiger partial charge in [-0.2, -0.15) is 5.10 Å². The number of halogens is 1.